The first-order chi connectivity index (χ1) is 7.58. The second-order valence-corrected chi connectivity index (χ2v) is 4.61. The van der Waals surface area contributed by atoms with E-state index in [4.69, 9.17) is 16.0 Å². The van der Waals surface area contributed by atoms with E-state index in [1.165, 1.54) is 6.92 Å². The summed E-state index contributed by atoms with van der Waals surface area (Å²) in [6, 6.07) is 8.91. The van der Waals surface area contributed by atoms with Gasteiger partial charge in [0.05, 0.1) is 5.02 Å². The van der Waals surface area contributed by atoms with Crippen molar-refractivity contribution in [3.8, 4) is 11.3 Å². The van der Waals surface area contributed by atoms with Crippen molar-refractivity contribution in [1.29, 1.82) is 0 Å². The maximum atomic E-state index is 11.1. The average Bonchev–Trinajstić information content (AvgIpc) is 2.71. The molecule has 0 unspecified atom stereocenters. The normalized spacial score (nSPS) is 10.4. The fourth-order valence-corrected chi connectivity index (χ4v) is 1.83. The standard InChI is InChI=1S/C12H8BrClO2/c1-7(15)11-4-5-12(16-11)8-2-3-10(14)9(13)6-8/h2-6H,1H3. The molecule has 0 N–H and O–H groups in total. The van der Waals surface area contributed by atoms with E-state index in [-0.39, 0.29) is 5.78 Å². The zero-order chi connectivity index (χ0) is 11.7. The quantitative estimate of drug-likeness (QED) is 0.761. The van der Waals surface area contributed by atoms with Crippen molar-refractivity contribution < 1.29 is 9.21 Å². The Labute approximate surface area is 106 Å². The van der Waals surface area contributed by atoms with Gasteiger partial charge in [0.2, 0.25) is 0 Å². The molecule has 1 aromatic heterocycles. The number of carbonyl (C=O) groups excluding carboxylic acids is 1. The predicted molar refractivity (Wildman–Crippen MR) is 66.9 cm³/mol. The molecule has 0 aliphatic carbocycles. The van der Waals surface area contributed by atoms with Crippen LogP contribution in [0, 0.1) is 0 Å². The van der Waals surface area contributed by atoms with Crippen molar-refractivity contribution in [3.05, 3.63) is 45.6 Å². The first-order valence-corrected chi connectivity index (χ1v) is 5.81. The van der Waals surface area contributed by atoms with Crippen LogP contribution in [-0.2, 0) is 0 Å². The largest absolute Gasteiger partial charge is 0.453 e. The fourth-order valence-electron chi connectivity index (χ4n) is 1.33. The zero-order valence-electron chi connectivity index (χ0n) is 8.46. The molecular formula is C12H8BrClO2. The summed E-state index contributed by atoms with van der Waals surface area (Å²) in [7, 11) is 0. The average molecular weight is 300 g/mol. The van der Waals surface area contributed by atoms with E-state index in [2.05, 4.69) is 15.9 Å². The SMILES string of the molecule is CC(=O)c1ccc(-c2ccc(Cl)c(Br)c2)o1. The maximum absolute atomic E-state index is 11.1. The molecule has 0 fully saturated rings. The summed E-state index contributed by atoms with van der Waals surface area (Å²) in [5.74, 6) is 0.933. The lowest BCUT2D eigenvalue weighted by molar-refractivity contribution is 0.0988. The lowest BCUT2D eigenvalue weighted by Crippen LogP contribution is -1.86. The topological polar surface area (TPSA) is 30.2 Å². The number of Topliss-reactive ketones (excluding diaryl/α,β-unsaturated/α-hetero) is 1. The first kappa shape index (κ1) is 11.4. The van der Waals surface area contributed by atoms with Gasteiger partial charge in [-0.15, -0.1) is 0 Å². The van der Waals surface area contributed by atoms with Gasteiger partial charge < -0.3 is 4.42 Å². The molecule has 1 aromatic carbocycles. The molecule has 0 amide bonds. The second-order valence-electron chi connectivity index (χ2n) is 3.35. The van der Waals surface area contributed by atoms with Crippen molar-refractivity contribution in [2.75, 3.05) is 0 Å². The van der Waals surface area contributed by atoms with Crippen LogP contribution in [0.5, 0.6) is 0 Å². The summed E-state index contributed by atoms with van der Waals surface area (Å²) in [5.41, 5.74) is 0.878. The highest BCUT2D eigenvalue weighted by Gasteiger charge is 2.09. The molecule has 16 heavy (non-hydrogen) atoms. The Morgan fingerprint density at radius 3 is 2.62 bits per heavy atom. The third kappa shape index (κ3) is 2.20. The Kier molecular flexibility index (Phi) is 3.17. The highest BCUT2D eigenvalue weighted by molar-refractivity contribution is 9.10. The molecule has 0 aliphatic rings. The number of benzene rings is 1. The lowest BCUT2D eigenvalue weighted by Gasteiger charge is -1.99. The predicted octanol–water partition coefficient (Wildman–Crippen LogP) is 4.57. The van der Waals surface area contributed by atoms with Crippen LogP contribution >= 0.6 is 27.5 Å². The first-order valence-electron chi connectivity index (χ1n) is 4.64. The molecule has 0 saturated carbocycles. The molecular weight excluding hydrogens is 291 g/mol. The van der Waals surface area contributed by atoms with Crippen LogP contribution < -0.4 is 0 Å². The van der Waals surface area contributed by atoms with Crippen molar-refractivity contribution in [3.63, 3.8) is 0 Å². The van der Waals surface area contributed by atoms with Crippen LogP contribution in [0.3, 0.4) is 0 Å². The number of rotatable bonds is 2. The minimum Gasteiger partial charge on any atom is -0.453 e. The van der Waals surface area contributed by atoms with Gasteiger partial charge in [0.1, 0.15) is 5.76 Å². The molecule has 0 aliphatic heterocycles. The second kappa shape index (κ2) is 4.44. The maximum Gasteiger partial charge on any atom is 0.194 e. The highest BCUT2D eigenvalue weighted by Crippen LogP contribution is 2.29. The minimum atomic E-state index is -0.0840. The molecule has 2 rings (SSSR count). The van der Waals surface area contributed by atoms with E-state index in [0.717, 1.165) is 10.0 Å². The third-order valence-electron chi connectivity index (χ3n) is 2.16. The smallest absolute Gasteiger partial charge is 0.194 e. The molecule has 82 valence electrons. The van der Waals surface area contributed by atoms with Crippen LogP contribution in [-0.4, -0.2) is 5.78 Å². The minimum absolute atomic E-state index is 0.0840. The molecule has 0 spiro atoms. The summed E-state index contributed by atoms with van der Waals surface area (Å²) >= 11 is 9.23. The van der Waals surface area contributed by atoms with Crippen LogP contribution in [0.2, 0.25) is 5.02 Å². The van der Waals surface area contributed by atoms with Gasteiger partial charge in [-0.05, 0) is 46.3 Å². The van der Waals surface area contributed by atoms with Gasteiger partial charge in [-0.25, -0.2) is 0 Å². The molecule has 0 bridgehead atoms. The van der Waals surface area contributed by atoms with Gasteiger partial charge in [-0.2, -0.15) is 0 Å². The Bertz CT molecular complexity index is 546. The zero-order valence-corrected chi connectivity index (χ0v) is 10.8. The third-order valence-corrected chi connectivity index (χ3v) is 3.37. The van der Waals surface area contributed by atoms with Gasteiger partial charge in [-0.1, -0.05) is 11.6 Å². The summed E-state index contributed by atoms with van der Waals surface area (Å²) in [4.78, 5) is 11.1. The number of ketones is 1. The number of hydrogen-bond donors (Lipinski definition) is 0. The van der Waals surface area contributed by atoms with Gasteiger partial charge in [0.15, 0.2) is 11.5 Å². The van der Waals surface area contributed by atoms with E-state index < -0.39 is 0 Å². The number of carbonyl (C=O) groups is 1. The van der Waals surface area contributed by atoms with Crippen LogP contribution in [0.4, 0.5) is 0 Å². The van der Waals surface area contributed by atoms with Crippen molar-refractivity contribution in [2.24, 2.45) is 0 Å². The Hall–Kier alpha value is -1.06. The van der Waals surface area contributed by atoms with Gasteiger partial charge in [0.25, 0.3) is 0 Å². The summed E-state index contributed by atoms with van der Waals surface area (Å²) in [5, 5.41) is 0.641. The van der Waals surface area contributed by atoms with Crippen molar-refractivity contribution >= 4 is 33.3 Å². The summed E-state index contributed by atoms with van der Waals surface area (Å²) in [6.07, 6.45) is 0. The van der Waals surface area contributed by atoms with E-state index >= 15 is 0 Å². The van der Waals surface area contributed by atoms with E-state index in [1.807, 2.05) is 12.1 Å². The van der Waals surface area contributed by atoms with Gasteiger partial charge in [0, 0.05) is 17.0 Å². The molecule has 0 atom stereocenters. The van der Waals surface area contributed by atoms with Crippen molar-refractivity contribution in [2.45, 2.75) is 6.92 Å². The van der Waals surface area contributed by atoms with E-state index in [0.29, 0.717) is 16.5 Å². The fraction of sp³-hybridized carbons (Fsp3) is 0.0833. The van der Waals surface area contributed by atoms with Gasteiger partial charge >= 0.3 is 0 Å². The molecule has 1 heterocycles. The van der Waals surface area contributed by atoms with Crippen molar-refractivity contribution in [1.82, 2.24) is 0 Å². The number of hydrogen-bond acceptors (Lipinski definition) is 2. The number of furan rings is 1. The molecule has 0 saturated heterocycles. The molecule has 4 heteroatoms. The number of halogens is 2. The Morgan fingerprint density at radius 1 is 1.31 bits per heavy atom. The molecule has 0 radical (unpaired) electrons. The monoisotopic (exact) mass is 298 g/mol. The molecule has 2 nitrogen and oxygen atoms in total. The lowest BCUT2D eigenvalue weighted by atomic mass is 10.2. The van der Waals surface area contributed by atoms with Crippen LogP contribution in [0.1, 0.15) is 17.5 Å². The summed E-state index contributed by atoms with van der Waals surface area (Å²) in [6.45, 7) is 1.47. The Balaban J connectivity index is 2.42. The van der Waals surface area contributed by atoms with E-state index in [9.17, 15) is 4.79 Å². The highest BCUT2D eigenvalue weighted by atomic mass is 79.9. The Morgan fingerprint density at radius 2 is 2.06 bits per heavy atom. The van der Waals surface area contributed by atoms with Gasteiger partial charge in [-0.3, -0.25) is 4.79 Å². The van der Waals surface area contributed by atoms with E-state index in [1.54, 1.807) is 18.2 Å². The summed E-state index contributed by atoms with van der Waals surface area (Å²) < 4.78 is 6.21. The van der Waals surface area contributed by atoms with Crippen LogP contribution in [0.25, 0.3) is 11.3 Å². The van der Waals surface area contributed by atoms with Crippen LogP contribution in [0.15, 0.2) is 39.2 Å². The molecule has 2 aromatic rings.